The van der Waals surface area contributed by atoms with E-state index in [-0.39, 0.29) is 11.8 Å². The van der Waals surface area contributed by atoms with E-state index in [4.69, 9.17) is 9.84 Å². The first kappa shape index (κ1) is 19.6. The van der Waals surface area contributed by atoms with Crippen LogP contribution in [0.4, 0.5) is 10.1 Å². The maximum absolute atomic E-state index is 14.7. The van der Waals surface area contributed by atoms with Gasteiger partial charge in [-0.2, -0.15) is 5.10 Å². The Hall–Kier alpha value is -4.05. The summed E-state index contributed by atoms with van der Waals surface area (Å²) >= 11 is 0. The van der Waals surface area contributed by atoms with E-state index in [1.54, 1.807) is 18.6 Å². The third kappa shape index (κ3) is 3.02. The fourth-order valence-electron chi connectivity index (χ4n) is 4.48. The number of fused-ring (bicyclic) bond motifs is 4. The number of halogens is 1. The lowest BCUT2D eigenvalue weighted by Gasteiger charge is -2.14. The predicted molar refractivity (Wildman–Crippen MR) is 123 cm³/mol. The molecule has 6 rings (SSSR count). The summed E-state index contributed by atoms with van der Waals surface area (Å²) in [5, 5.41) is 12.8. The maximum Gasteiger partial charge on any atom is 0.316 e. The van der Waals surface area contributed by atoms with E-state index in [0.717, 1.165) is 50.9 Å². The van der Waals surface area contributed by atoms with E-state index < -0.39 is 0 Å². The molecule has 4 aromatic heterocycles. The summed E-state index contributed by atoms with van der Waals surface area (Å²) in [6.45, 7) is 4.10. The van der Waals surface area contributed by atoms with Gasteiger partial charge in [0.05, 0.1) is 41.3 Å². The highest BCUT2D eigenvalue weighted by Crippen LogP contribution is 2.39. The number of aromatic nitrogens is 6. The number of H-pyrrole nitrogens is 1. The first-order valence-corrected chi connectivity index (χ1v) is 10.7. The largest absolute Gasteiger partial charge is 0.467 e. The van der Waals surface area contributed by atoms with Gasteiger partial charge in [0.25, 0.3) is 0 Å². The summed E-state index contributed by atoms with van der Waals surface area (Å²) in [4.78, 5) is 16.6. The number of anilines is 1. The van der Waals surface area contributed by atoms with Gasteiger partial charge < -0.3 is 20.4 Å². The summed E-state index contributed by atoms with van der Waals surface area (Å²) in [5.41, 5.74) is 6.69. The maximum atomic E-state index is 14.7. The molecule has 1 aliphatic rings. The molecule has 0 unspecified atom stereocenters. The van der Waals surface area contributed by atoms with Gasteiger partial charge in [0, 0.05) is 60.3 Å². The zero-order valence-electron chi connectivity index (χ0n) is 18.1. The molecule has 3 N–H and O–H groups in total. The van der Waals surface area contributed by atoms with Crippen molar-refractivity contribution in [3.63, 3.8) is 0 Å². The Labute approximate surface area is 188 Å². The van der Waals surface area contributed by atoms with E-state index in [1.165, 1.54) is 19.2 Å². The van der Waals surface area contributed by atoms with Crippen LogP contribution in [-0.2, 0) is 13.1 Å². The van der Waals surface area contributed by atoms with Crippen LogP contribution in [0.25, 0.3) is 38.8 Å². The van der Waals surface area contributed by atoms with Crippen molar-refractivity contribution in [1.29, 1.82) is 0 Å². The SMILES string of the molecule is CCNc1cc(F)cc2c1[nH]c1ncc(-c3cnc(OC)nc3)c(-n3ncc4c3CNC4)c12. The molecule has 0 amide bonds. The van der Waals surface area contributed by atoms with Crippen molar-refractivity contribution >= 4 is 27.6 Å². The van der Waals surface area contributed by atoms with Crippen LogP contribution in [0, 0.1) is 5.82 Å². The van der Waals surface area contributed by atoms with Crippen LogP contribution in [0.5, 0.6) is 6.01 Å². The van der Waals surface area contributed by atoms with Gasteiger partial charge in [-0.3, -0.25) is 0 Å². The van der Waals surface area contributed by atoms with Crippen LogP contribution < -0.4 is 15.4 Å². The number of methoxy groups -OCH3 is 1. The minimum absolute atomic E-state index is 0.281. The van der Waals surface area contributed by atoms with Crippen molar-refractivity contribution in [3.8, 4) is 22.8 Å². The number of hydrogen-bond acceptors (Lipinski definition) is 7. The van der Waals surface area contributed by atoms with Gasteiger partial charge in [-0.15, -0.1) is 0 Å². The molecular weight excluding hydrogens is 423 g/mol. The molecule has 0 aliphatic carbocycles. The van der Waals surface area contributed by atoms with Gasteiger partial charge in [0.1, 0.15) is 11.5 Å². The Balaban J connectivity index is 1.72. The molecule has 0 saturated carbocycles. The van der Waals surface area contributed by atoms with E-state index in [1.807, 2.05) is 17.8 Å². The van der Waals surface area contributed by atoms with Crippen molar-refractivity contribution in [1.82, 2.24) is 35.0 Å². The van der Waals surface area contributed by atoms with Gasteiger partial charge in [-0.1, -0.05) is 0 Å². The summed E-state index contributed by atoms with van der Waals surface area (Å²) < 4.78 is 21.7. The molecule has 166 valence electrons. The Bertz CT molecular complexity index is 1510. The number of nitrogens with one attached hydrogen (secondary N) is 3. The molecule has 0 bridgehead atoms. The fourth-order valence-corrected chi connectivity index (χ4v) is 4.48. The topological polar surface area (TPSA) is 106 Å². The normalized spacial score (nSPS) is 13.1. The van der Waals surface area contributed by atoms with Crippen LogP contribution in [-0.4, -0.2) is 43.4 Å². The van der Waals surface area contributed by atoms with Crippen molar-refractivity contribution in [2.24, 2.45) is 0 Å². The Kier molecular flexibility index (Phi) is 4.47. The highest BCUT2D eigenvalue weighted by Gasteiger charge is 2.24. The number of pyridine rings is 1. The molecule has 0 fully saturated rings. The monoisotopic (exact) mass is 444 g/mol. The third-order valence-electron chi connectivity index (χ3n) is 5.93. The Morgan fingerprint density at radius 3 is 2.76 bits per heavy atom. The van der Waals surface area contributed by atoms with Crippen LogP contribution in [0.3, 0.4) is 0 Å². The smallest absolute Gasteiger partial charge is 0.316 e. The van der Waals surface area contributed by atoms with Crippen LogP contribution in [0.1, 0.15) is 18.2 Å². The average Bonchev–Trinajstić information content (AvgIpc) is 3.53. The molecule has 0 radical (unpaired) electrons. The van der Waals surface area contributed by atoms with E-state index in [0.29, 0.717) is 24.4 Å². The second kappa shape index (κ2) is 7.52. The first-order valence-electron chi connectivity index (χ1n) is 10.7. The molecule has 33 heavy (non-hydrogen) atoms. The van der Waals surface area contributed by atoms with Crippen molar-refractivity contribution in [2.75, 3.05) is 19.0 Å². The summed E-state index contributed by atoms with van der Waals surface area (Å²) in [5.74, 6) is -0.323. The average molecular weight is 444 g/mol. The van der Waals surface area contributed by atoms with Crippen molar-refractivity contribution in [2.45, 2.75) is 20.0 Å². The Morgan fingerprint density at radius 1 is 1.12 bits per heavy atom. The minimum Gasteiger partial charge on any atom is -0.467 e. The molecule has 5 aromatic rings. The second-order valence-electron chi connectivity index (χ2n) is 7.87. The molecule has 0 atom stereocenters. The van der Waals surface area contributed by atoms with E-state index in [9.17, 15) is 4.39 Å². The number of rotatable bonds is 5. The Morgan fingerprint density at radius 2 is 1.97 bits per heavy atom. The van der Waals surface area contributed by atoms with Crippen LogP contribution in [0.15, 0.2) is 36.9 Å². The molecule has 1 aromatic carbocycles. The number of aromatic amines is 1. The van der Waals surface area contributed by atoms with Crippen LogP contribution >= 0.6 is 0 Å². The van der Waals surface area contributed by atoms with Gasteiger partial charge in [0.15, 0.2) is 0 Å². The third-order valence-corrected chi connectivity index (χ3v) is 5.93. The van der Waals surface area contributed by atoms with Gasteiger partial charge in [0.2, 0.25) is 0 Å². The quantitative estimate of drug-likeness (QED) is 0.381. The highest BCUT2D eigenvalue weighted by molar-refractivity contribution is 6.15. The highest BCUT2D eigenvalue weighted by atomic mass is 19.1. The number of ether oxygens (including phenoxy) is 1. The van der Waals surface area contributed by atoms with Crippen molar-refractivity contribution in [3.05, 3.63) is 54.0 Å². The summed E-state index contributed by atoms with van der Waals surface area (Å²) in [7, 11) is 1.52. The zero-order chi connectivity index (χ0) is 22.5. The molecule has 10 heteroatoms. The predicted octanol–water partition coefficient (Wildman–Crippen LogP) is 3.54. The molecule has 5 heterocycles. The fraction of sp³-hybridized carbons (Fsp3) is 0.217. The first-order chi connectivity index (χ1) is 16.2. The second-order valence-corrected chi connectivity index (χ2v) is 7.87. The van der Waals surface area contributed by atoms with Crippen molar-refractivity contribution < 1.29 is 9.13 Å². The van der Waals surface area contributed by atoms with Crippen LogP contribution in [0.2, 0.25) is 0 Å². The number of hydrogen-bond donors (Lipinski definition) is 3. The lowest BCUT2D eigenvalue weighted by molar-refractivity contribution is 0.380. The number of benzene rings is 1. The zero-order valence-corrected chi connectivity index (χ0v) is 18.1. The van der Waals surface area contributed by atoms with Gasteiger partial charge in [-0.05, 0) is 19.1 Å². The molecule has 9 nitrogen and oxygen atoms in total. The lowest BCUT2D eigenvalue weighted by atomic mass is 10.0. The molecule has 0 spiro atoms. The summed E-state index contributed by atoms with van der Waals surface area (Å²) in [6, 6.07) is 3.31. The van der Waals surface area contributed by atoms with Gasteiger partial charge >= 0.3 is 6.01 Å². The standard InChI is InChI=1S/C23H21FN8O/c1-3-26-17-5-14(24)4-15-19-21(32-18-11-25-6-13(18)9-30-32)16(10-27-22(19)31-20(15)17)12-7-28-23(33-2)29-8-12/h4-5,7-10,25-26H,3,6,11H2,1-2H3,(H,27,31). The lowest BCUT2D eigenvalue weighted by Crippen LogP contribution is -2.09. The van der Waals surface area contributed by atoms with E-state index >= 15 is 0 Å². The molecule has 0 saturated heterocycles. The van der Waals surface area contributed by atoms with E-state index in [2.05, 4.69) is 30.6 Å². The number of nitrogens with zero attached hydrogens (tertiary/aromatic N) is 5. The summed E-state index contributed by atoms with van der Waals surface area (Å²) in [6.07, 6.45) is 7.03. The van der Waals surface area contributed by atoms with Gasteiger partial charge in [-0.25, -0.2) is 24.0 Å². The molecular formula is C23H21FN8O. The molecule has 1 aliphatic heterocycles. The minimum atomic E-state index is -0.323.